The van der Waals surface area contributed by atoms with E-state index in [9.17, 15) is 9.18 Å². The molecule has 4 N–H and O–H groups in total. The summed E-state index contributed by atoms with van der Waals surface area (Å²) in [6.07, 6.45) is 0.811. The number of carbonyl (C=O) groups is 1. The first-order valence-electron chi connectivity index (χ1n) is 6.78. The van der Waals surface area contributed by atoms with Gasteiger partial charge in [0.25, 0.3) is 0 Å². The van der Waals surface area contributed by atoms with Gasteiger partial charge in [0.05, 0.1) is 0 Å². The zero-order valence-corrected chi connectivity index (χ0v) is 12.1. The number of amides is 1. The molecule has 7 heteroatoms. The Morgan fingerprint density at radius 2 is 2.10 bits per heavy atom. The summed E-state index contributed by atoms with van der Waals surface area (Å²) in [5.41, 5.74) is 6.13. The summed E-state index contributed by atoms with van der Waals surface area (Å²) in [4.78, 5) is 15.5. The van der Waals surface area contributed by atoms with Crippen molar-refractivity contribution < 1.29 is 13.9 Å². The fourth-order valence-corrected chi connectivity index (χ4v) is 1.48. The molecule has 0 unspecified atom stereocenters. The summed E-state index contributed by atoms with van der Waals surface area (Å²) in [6, 6.07) is 5.50. The molecule has 1 aromatic carbocycles. The highest BCUT2D eigenvalue weighted by atomic mass is 19.1. The first-order valence-corrected chi connectivity index (χ1v) is 6.78. The number of nitrogens with two attached hydrogens (primary N) is 1. The molecule has 0 aromatic heterocycles. The van der Waals surface area contributed by atoms with E-state index in [4.69, 9.17) is 10.5 Å². The van der Waals surface area contributed by atoms with Gasteiger partial charge in [0.1, 0.15) is 12.4 Å². The fourth-order valence-electron chi connectivity index (χ4n) is 1.48. The Bertz CT molecular complexity index is 463. The average Bonchev–Trinajstić information content (AvgIpc) is 2.47. The zero-order valence-electron chi connectivity index (χ0n) is 12.1. The Labute approximate surface area is 123 Å². The second kappa shape index (κ2) is 9.71. The van der Waals surface area contributed by atoms with Crippen LogP contribution in [0.5, 0.6) is 0 Å². The molecule has 1 aromatic rings. The number of anilines is 1. The molecule has 0 saturated carbocycles. The van der Waals surface area contributed by atoms with Crippen LogP contribution in [-0.4, -0.2) is 38.2 Å². The standard InChI is InChI=1S/C14H21FN4O2/c1-2-21-9-3-8-17-14(16)18-10-13(20)19-12-6-4-11(15)5-7-12/h4-7H,2-3,8-10H2,1H3,(H,19,20)(H3,16,17,18). The molecule has 116 valence electrons. The smallest absolute Gasteiger partial charge is 0.246 e. The second-order valence-corrected chi connectivity index (χ2v) is 4.23. The summed E-state index contributed by atoms with van der Waals surface area (Å²) in [5.74, 6) is -0.465. The summed E-state index contributed by atoms with van der Waals surface area (Å²) in [7, 11) is 0. The number of nitrogens with one attached hydrogen (secondary N) is 2. The van der Waals surface area contributed by atoms with Crippen LogP contribution in [0.25, 0.3) is 0 Å². The van der Waals surface area contributed by atoms with Gasteiger partial charge >= 0.3 is 0 Å². The van der Waals surface area contributed by atoms with Gasteiger partial charge in [0.15, 0.2) is 5.96 Å². The third-order valence-electron chi connectivity index (χ3n) is 2.50. The van der Waals surface area contributed by atoms with Crippen LogP contribution in [0, 0.1) is 5.82 Å². The number of benzene rings is 1. The number of ether oxygens (including phenoxy) is 1. The molecule has 1 amide bonds. The van der Waals surface area contributed by atoms with Gasteiger partial charge in [-0.2, -0.15) is 0 Å². The van der Waals surface area contributed by atoms with Crippen molar-refractivity contribution in [1.82, 2.24) is 5.32 Å². The Balaban J connectivity index is 2.24. The maximum atomic E-state index is 12.7. The van der Waals surface area contributed by atoms with Gasteiger partial charge in [-0.25, -0.2) is 9.38 Å². The molecule has 21 heavy (non-hydrogen) atoms. The van der Waals surface area contributed by atoms with E-state index in [0.717, 1.165) is 6.42 Å². The van der Waals surface area contributed by atoms with Gasteiger partial charge in [0.2, 0.25) is 5.91 Å². The van der Waals surface area contributed by atoms with Crippen molar-refractivity contribution in [3.8, 4) is 0 Å². The molecular weight excluding hydrogens is 275 g/mol. The normalized spacial score (nSPS) is 11.2. The number of halogens is 1. The Morgan fingerprint density at radius 3 is 2.76 bits per heavy atom. The number of hydrogen-bond donors (Lipinski definition) is 3. The lowest BCUT2D eigenvalue weighted by atomic mass is 10.3. The summed E-state index contributed by atoms with van der Waals surface area (Å²) < 4.78 is 17.9. The predicted octanol–water partition coefficient (Wildman–Crippen LogP) is 1.10. The van der Waals surface area contributed by atoms with Crippen molar-refractivity contribution >= 4 is 17.6 Å². The predicted molar refractivity (Wildman–Crippen MR) is 80.6 cm³/mol. The molecule has 0 aliphatic heterocycles. The third kappa shape index (κ3) is 7.88. The van der Waals surface area contributed by atoms with Crippen LogP contribution >= 0.6 is 0 Å². The van der Waals surface area contributed by atoms with Crippen molar-refractivity contribution in [2.75, 3.05) is 31.6 Å². The van der Waals surface area contributed by atoms with E-state index in [1.54, 1.807) is 0 Å². The molecule has 0 heterocycles. The Hall–Kier alpha value is -2.15. The molecule has 0 saturated heterocycles. The van der Waals surface area contributed by atoms with E-state index >= 15 is 0 Å². The number of nitrogens with zero attached hydrogens (tertiary/aromatic N) is 1. The molecule has 0 aliphatic rings. The largest absolute Gasteiger partial charge is 0.382 e. The number of carbonyl (C=O) groups excluding carboxylic acids is 1. The highest BCUT2D eigenvalue weighted by Crippen LogP contribution is 2.07. The maximum Gasteiger partial charge on any atom is 0.246 e. The second-order valence-electron chi connectivity index (χ2n) is 4.23. The van der Waals surface area contributed by atoms with Gasteiger partial charge in [-0.3, -0.25) is 4.79 Å². The number of aliphatic imine (C=N–C) groups is 1. The van der Waals surface area contributed by atoms with E-state index in [-0.39, 0.29) is 24.2 Å². The number of rotatable bonds is 8. The zero-order chi connectivity index (χ0) is 15.5. The minimum atomic E-state index is -0.355. The third-order valence-corrected chi connectivity index (χ3v) is 2.50. The molecule has 0 bridgehead atoms. The average molecular weight is 296 g/mol. The molecule has 0 spiro atoms. The van der Waals surface area contributed by atoms with Gasteiger partial charge in [-0.15, -0.1) is 0 Å². The lowest BCUT2D eigenvalue weighted by molar-refractivity contribution is -0.114. The summed E-state index contributed by atoms with van der Waals surface area (Å²) in [5, 5.41) is 5.48. The van der Waals surface area contributed by atoms with E-state index in [0.29, 0.717) is 25.4 Å². The first-order chi connectivity index (χ1) is 10.1. The van der Waals surface area contributed by atoms with Gasteiger partial charge in [0, 0.05) is 25.4 Å². The van der Waals surface area contributed by atoms with Crippen molar-refractivity contribution in [3.05, 3.63) is 30.1 Å². The molecule has 0 fully saturated rings. The van der Waals surface area contributed by atoms with Crippen LogP contribution in [0.2, 0.25) is 0 Å². The van der Waals surface area contributed by atoms with Crippen LogP contribution < -0.4 is 16.4 Å². The molecule has 0 radical (unpaired) electrons. The number of hydrogen-bond acceptors (Lipinski definition) is 3. The van der Waals surface area contributed by atoms with Crippen molar-refractivity contribution in [2.24, 2.45) is 10.7 Å². The van der Waals surface area contributed by atoms with Gasteiger partial charge in [-0.05, 0) is 37.6 Å². The molecule has 1 rings (SSSR count). The van der Waals surface area contributed by atoms with Crippen LogP contribution in [0.15, 0.2) is 29.3 Å². The summed E-state index contributed by atoms with van der Waals surface area (Å²) >= 11 is 0. The quantitative estimate of drug-likeness (QED) is 0.381. The topological polar surface area (TPSA) is 88.7 Å². The van der Waals surface area contributed by atoms with Crippen molar-refractivity contribution in [2.45, 2.75) is 13.3 Å². The van der Waals surface area contributed by atoms with Crippen molar-refractivity contribution in [3.63, 3.8) is 0 Å². The van der Waals surface area contributed by atoms with E-state index < -0.39 is 0 Å². The Kier molecular flexibility index (Phi) is 7.81. The molecule has 6 nitrogen and oxygen atoms in total. The van der Waals surface area contributed by atoms with E-state index in [2.05, 4.69) is 15.6 Å². The monoisotopic (exact) mass is 296 g/mol. The van der Waals surface area contributed by atoms with E-state index in [1.165, 1.54) is 24.3 Å². The van der Waals surface area contributed by atoms with Crippen LogP contribution in [0.1, 0.15) is 13.3 Å². The molecule has 0 aliphatic carbocycles. The molecular formula is C14H21FN4O2. The highest BCUT2D eigenvalue weighted by Gasteiger charge is 2.02. The maximum absolute atomic E-state index is 12.7. The lowest BCUT2D eigenvalue weighted by Gasteiger charge is -2.06. The van der Waals surface area contributed by atoms with Crippen LogP contribution in [0.3, 0.4) is 0 Å². The Morgan fingerprint density at radius 1 is 1.38 bits per heavy atom. The highest BCUT2D eigenvalue weighted by molar-refractivity contribution is 5.93. The minimum Gasteiger partial charge on any atom is -0.382 e. The van der Waals surface area contributed by atoms with Crippen molar-refractivity contribution in [1.29, 1.82) is 0 Å². The van der Waals surface area contributed by atoms with Gasteiger partial charge < -0.3 is 21.1 Å². The lowest BCUT2D eigenvalue weighted by Crippen LogP contribution is -2.34. The SMILES string of the molecule is CCOCCCNC(N)=NCC(=O)Nc1ccc(F)cc1. The first kappa shape index (κ1) is 16.9. The van der Waals surface area contributed by atoms with Crippen LogP contribution in [-0.2, 0) is 9.53 Å². The minimum absolute atomic E-state index is 0.0956. The molecule has 0 atom stereocenters. The van der Waals surface area contributed by atoms with Gasteiger partial charge in [-0.1, -0.05) is 0 Å². The van der Waals surface area contributed by atoms with Crippen LogP contribution in [0.4, 0.5) is 10.1 Å². The fraction of sp³-hybridized carbons (Fsp3) is 0.429. The number of guanidine groups is 1. The summed E-state index contributed by atoms with van der Waals surface area (Å²) in [6.45, 7) is 3.81. The van der Waals surface area contributed by atoms with E-state index in [1.807, 2.05) is 6.92 Å².